The average Bonchev–Trinajstić information content (AvgIpc) is 2.65. The molecule has 2 unspecified atom stereocenters. The molecule has 0 spiro atoms. The highest BCUT2D eigenvalue weighted by atomic mass is 35.5. The molecule has 9 heteroatoms. The molecule has 1 amide bonds. The summed E-state index contributed by atoms with van der Waals surface area (Å²) in [4.78, 5) is 12.3. The van der Waals surface area contributed by atoms with Crippen LogP contribution in [-0.2, 0) is 10.2 Å². The zero-order valence-corrected chi connectivity index (χ0v) is 19.2. The summed E-state index contributed by atoms with van der Waals surface area (Å²) < 4.78 is 47.2. The number of carbonyl (C=O) groups is 1. The molecular weight excluding hydrogens is 443 g/mol. The van der Waals surface area contributed by atoms with Crippen LogP contribution in [0.1, 0.15) is 68.1 Å². The Morgan fingerprint density at radius 2 is 1.87 bits per heavy atom. The SMILES string of the molecule is O=C(NS(=O)(=O)N1CCC1)c1cc(Cl)c(OCCCC2CC3CCCC(C2)C3)cc1F. The molecule has 1 aromatic carbocycles. The van der Waals surface area contributed by atoms with Gasteiger partial charge < -0.3 is 4.74 Å². The molecule has 4 rings (SSSR count). The zero-order valence-electron chi connectivity index (χ0n) is 17.6. The van der Waals surface area contributed by atoms with Crippen molar-refractivity contribution in [3.8, 4) is 5.75 Å². The van der Waals surface area contributed by atoms with Gasteiger partial charge in [0.15, 0.2) is 0 Å². The molecular formula is C22H30ClFN2O4S. The van der Waals surface area contributed by atoms with E-state index in [-0.39, 0.29) is 10.8 Å². The van der Waals surface area contributed by atoms with E-state index in [9.17, 15) is 17.6 Å². The maximum atomic E-state index is 14.5. The third kappa shape index (κ3) is 5.52. The molecule has 1 aliphatic heterocycles. The van der Waals surface area contributed by atoms with E-state index in [4.69, 9.17) is 16.3 Å². The van der Waals surface area contributed by atoms with Gasteiger partial charge >= 0.3 is 10.2 Å². The number of fused-ring (bicyclic) bond motifs is 2. The molecule has 2 atom stereocenters. The quantitative estimate of drug-likeness (QED) is 0.564. The Bertz CT molecular complexity index is 910. The largest absolute Gasteiger partial charge is 0.492 e. The third-order valence-electron chi connectivity index (χ3n) is 6.88. The second kappa shape index (κ2) is 9.63. The van der Waals surface area contributed by atoms with Gasteiger partial charge in [0, 0.05) is 19.2 Å². The second-order valence-corrected chi connectivity index (χ2v) is 11.3. The minimum atomic E-state index is -3.95. The van der Waals surface area contributed by atoms with E-state index in [2.05, 4.69) is 0 Å². The van der Waals surface area contributed by atoms with Crippen molar-refractivity contribution in [2.24, 2.45) is 17.8 Å². The second-order valence-electron chi connectivity index (χ2n) is 9.18. The molecule has 2 aliphatic carbocycles. The lowest BCUT2D eigenvalue weighted by molar-refractivity contribution is 0.0973. The van der Waals surface area contributed by atoms with Gasteiger partial charge in [-0.3, -0.25) is 4.79 Å². The number of nitrogens with zero attached hydrogens (tertiary/aromatic N) is 1. The lowest BCUT2D eigenvalue weighted by atomic mass is 9.67. The van der Waals surface area contributed by atoms with Crippen LogP contribution < -0.4 is 9.46 Å². The van der Waals surface area contributed by atoms with E-state index in [1.54, 1.807) is 0 Å². The van der Waals surface area contributed by atoms with Gasteiger partial charge in [-0.25, -0.2) is 9.11 Å². The summed E-state index contributed by atoms with van der Waals surface area (Å²) >= 11 is 6.18. The highest BCUT2D eigenvalue weighted by Crippen LogP contribution is 2.43. The first kappa shape index (κ1) is 22.8. The highest BCUT2D eigenvalue weighted by Gasteiger charge is 2.32. The van der Waals surface area contributed by atoms with Gasteiger partial charge in [-0.1, -0.05) is 30.9 Å². The molecule has 31 heavy (non-hydrogen) atoms. The van der Waals surface area contributed by atoms with Crippen molar-refractivity contribution in [1.29, 1.82) is 0 Å². The van der Waals surface area contributed by atoms with Gasteiger partial charge in [0.2, 0.25) is 0 Å². The number of benzene rings is 1. The van der Waals surface area contributed by atoms with E-state index < -0.39 is 27.5 Å². The van der Waals surface area contributed by atoms with Gasteiger partial charge in [0.25, 0.3) is 5.91 Å². The van der Waals surface area contributed by atoms with Gasteiger partial charge in [0.1, 0.15) is 11.6 Å². The summed E-state index contributed by atoms with van der Waals surface area (Å²) in [6.07, 6.45) is 10.9. The summed E-state index contributed by atoms with van der Waals surface area (Å²) in [5.41, 5.74) is -0.421. The number of hydrogen-bond donors (Lipinski definition) is 1. The van der Waals surface area contributed by atoms with E-state index in [0.717, 1.165) is 53.5 Å². The maximum absolute atomic E-state index is 14.5. The lowest BCUT2D eigenvalue weighted by Gasteiger charge is -2.39. The van der Waals surface area contributed by atoms with Crippen molar-refractivity contribution in [2.75, 3.05) is 19.7 Å². The highest BCUT2D eigenvalue weighted by molar-refractivity contribution is 7.87. The number of amides is 1. The van der Waals surface area contributed by atoms with Crippen LogP contribution in [0.3, 0.4) is 0 Å². The van der Waals surface area contributed by atoms with Crippen molar-refractivity contribution < 1.29 is 22.3 Å². The molecule has 3 fully saturated rings. The first-order valence-electron chi connectivity index (χ1n) is 11.3. The lowest BCUT2D eigenvalue weighted by Crippen LogP contribution is -2.49. The Morgan fingerprint density at radius 3 is 2.52 bits per heavy atom. The summed E-state index contributed by atoms with van der Waals surface area (Å²) in [5, 5.41) is 0.0834. The first-order valence-corrected chi connectivity index (χ1v) is 13.1. The summed E-state index contributed by atoms with van der Waals surface area (Å²) in [5.74, 6) is 0.800. The fourth-order valence-electron chi connectivity index (χ4n) is 5.24. The van der Waals surface area contributed by atoms with Gasteiger partial charge in [-0.15, -0.1) is 0 Å². The number of halogens is 2. The van der Waals surface area contributed by atoms with Crippen molar-refractivity contribution in [3.05, 3.63) is 28.5 Å². The van der Waals surface area contributed by atoms with E-state index in [1.807, 2.05) is 4.72 Å². The molecule has 1 N–H and O–H groups in total. The van der Waals surface area contributed by atoms with Crippen LogP contribution in [0.25, 0.3) is 0 Å². The van der Waals surface area contributed by atoms with Crippen LogP contribution >= 0.6 is 11.6 Å². The Labute approximate surface area is 188 Å². The van der Waals surface area contributed by atoms with Crippen LogP contribution in [0.15, 0.2) is 12.1 Å². The molecule has 0 aromatic heterocycles. The van der Waals surface area contributed by atoms with Gasteiger partial charge in [0.05, 0.1) is 17.2 Å². The van der Waals surface area contributed by atoms with Crippen LogP contribution in [0.2, 0.25) is 5.02 Å². The Balaban J connectivity index is 1.28. The number of ether oxygens (including phenoxy) is 1. The normalized spacial score (nSPS) is 26.2. The van der Waals surface area contributed by atoms with E-state index in [0.29, 0.717) is 19.7 Å². The molecule has 3 aliphatic rings. The molecule has 1 heterocycles. The van der Waals surface area contributed by atoms with Crippen LogP contribution in [0.4, 0.5) is 4.39 Å². The van der Waals surface area contributed by atoms with E-state index in [1.165, 1.54) is 38.5 Å². The number of nitrogens with one attached hydrogen (secondary N) is 1. The van der Waals surface area contributed by atoms with Crippen molar-refractivity contribution >= 4 is 27.7 Å². The summed E-state index contributed by atoms with van der Waals surface area (Å²) in [6.45, 7) is 1.13. The van der Waals surface area contributed by atoms with Crippen molar-refractivity contribution in [1.82, 2.24) is 9.03 Å². The predicted molar refractivity (Wildman–Crippen MR) is 117 cm³/mol. The van der Waals surface area contributed by atoms with Crippen LogP contribution in [-0.4, -0.2) is 38.3 Å². The monoisotopic (exact) mass is 472 g/mol. The molecule has 2 bridgehead atoms. The standard InChI is InChI=1S/C22H30ClFN2O4S/c23-19-13-18(22(27)25-31(28,29)26-7-3-8-26)20(24)14-21(19)30-9-2-6-17-11-15-4-1-5-16(10-15)12-17/h13-17H,1-12H2,(H,25,27). The van der Waals surface area contributed by atoms with E-state index >= 15 is 0 Å². The predicted octanol–water partition coefficient (Wildman–Crippen LogP) is 4.53. The maximum Gasteiger partial charge on any atom is 0.304 e. The minimum Gasteiger partial charge on any atom is -0.492 e. The Morgan fingerprint density at radius 1 is 1.16 bits per heavy atom. The summed E-state index contributed by atoms with van der Waals surface area (Å²) in [7, 11) is -3.95. The first-order chi connectivity index (χ1) is 14.8. The molecule has 0 radical (unpaired) electrons. The summed E-state index contributed by atoms with van der Waals surface area (Å²) in [6, 6.07) is 2.17. The van der Waals surface area contributed by atoms with Crippen molar-refractivity contribution in [2.45, 2.75) is 57.8 Å². The number of rotatable bonds is 8. The smallest absolute Gasteiger partial charge is 0.304 e. The number of hydrogen-bond acceptors (Lipinski definition) is 4. The van der Waals surface area contributed by atoms with Crippen LogP contribution in [0.5, 0.6) is 5.75 Å². The van der Waals surface area contributed by atoms with Gasteiger partial charge in [-0.05, 0) is 62.3 Å². The molecule has 1 aromatic rings. The zero-order chi connectivity index (χ0) is 22.0. The Hall–Kier alpha value is -1.38. The number of carbonyl (C=O) groups excluding carboxylic acids is 1. The Kier molecular flexibility index (Phi) is 7.08. The fraction of sp³-hybridized carbons (Fsp3) is 0.682. The van der Waals surface area contributed by atoms with Crippen LogP contribution in [0, 0.1) is 23.6 Å². The molecule has 1 saturated heterocycles. The average molecular weight is 473 g/mol. The third-order valence-corrected chi connectivity index (χ3v) is 8.67. The molecule has 6 nitrogen and oxygen atoms in total. The van der Waals surface area contributed by atoms with Gasteiger partial charge in [-0.2, -0.15) is 12.7 Å². The molecule has 172 valence electrons. The van der Waals surface area contributed by atoms with Crippen molar-refractivity contribution in [3.63, 3.8) is 0 Å². The molecule has 2 saturated carbocycles. The fourth-order valence-corrected chi connectivity index (χ4v) is 6.67. The minimum absolute atomic E-state index is 0.0834. The topological polar surface area (TPSA) is 75.7 Å².